The molecule has 0 bridgehead atoms. The van der Waals surface area contributed by atoms with Crippen LogP contribution in [0.2, 0.25) is 0 Å². The zero-order valence-corrected chi connectivity index (χ0v) is 12.0. The lowest BCUT2D eigenvalue weighted by molar-refractivity contribution is -0.117. The Morgan fingerprint density at radius 1 is 1.26 bits per heavy atom. The van der Waals surface area contributed by atoms with E-state index in [9.17, 15) is 4.79 Å². The molecule has 0 saturated heterocycles. The number of carbonyl (C=O) groups is 1. The molecule has 0 fully saturated rings. The summed E-state index contributed by atoms with van der Waals surface area (Å²) in [5.41, 5.74) is 10.5. The average molecular weight is 260 g/mol. The van der Waals surface area contributed by atoms with Crippen molar-refractivity contribution in [2.75, 3.05) is 11.9 Å². The van der Waals surface area contributed by atoms with Gasteiger partial charge in [0.15, 0.2) is 0 Å². The third kappa shape index (κ3) is 2.81. The van der Waals surface area contributed by atoms with Crippen LogP contribution in [0.4, 0.5) is 5.69 Å². The van der Waals surface area contributed by atoms with E-state index in [1.54, 1.807) is 0 Å². The summed E-state index contributed by atoms with van der Waals surface area (Å²) in [6.07, 6.45) is 5.01. The lowest BCUT2D eigenvalue weighted by atomic mass is 9.92. The van der Waals surface area contributed by atoms with Gasteiger partial charge >= 0.3 is 0 Å². The summed E-state index contributed by atoms with van der Waals surface area (Å²) in [6, 6.07) is 4.45. The number of anilines is 1. The minimum absolute atomic E-state index is 0.0368. The molecule has 1 aromatic carbocycles. The first-order valence-electron chi connectivity index (χ1n) is 7.37. The number of nitrogens with one attached hydrogen (secondary N) is 1. The Bertz CT molecular complexity index is 468. The number of hydrogen-bond donors (Lipinski definition) is 2. The Balaban J connectivity index is 2.33. The molecular formula is C16H24N2O. The zero-order chi connectivity index (χ0) is 13.8. The highest BCUT2D eigenvalue weighted by atomic mass is 16.2. The second kappa shape index (κ2) is 6.20. The predicted octanol–water partition coefficient (Wildman–Crippen LogP) is 2.98. The molecule has 0 radical (unpaired) electrons. The summed E-state index contributed by atoms with van der Waals surface area (Å²) in [5, 5.41) is 3.08. The molecule has 19 heavy (non-hydrogen) atoms. The maximum Gasteiger partial charge on any atom is 0.232 e. The van der Waals surface area contributed by atoms with Gasteiger partial charge in [-0.05, 0) is 55.3 Å². The molecule has 0 spiro atoms. The SMILES string of the molecule is CCc1cc(CCCCN)c2c(c1)C(CC)C(=O)N2. The maximum atomic E-state index is 12.0. The molecule has 0 aliphatic carbocycles. The molecule has 1 atom stereocenters. The van der Waals surface area contributed by atoms with Crippen molar-refractivity contribution in [3.8, 4) is 0 Å². The quantitative estimate of drug-likeness (QED) is 0.773. The van der Waals surface area contributed by atoms with Crippen LogP contribution in [0.1, 0.15) is 55.7 Å². The molecule has 3 N–H and O–H groups in total. The van der Waals surface area contributed by atoms with Gasteiger partial charge in [0.1, 0.15) is 0 Å². The highest BCUT2D eigenvalue weighted by molar-refractivity contribution is 6.03. The van der Waals surface area contributed by atoms with Crippen LogP contribution in [0.5, 0.6) is 0 Å². The molecule has 1 amide bonds. The number of benzene rings is 1. The van der Waals surface area contributed by atoms with Gasteiger partial charge in [0.2, 0.25) is 5.91 Å². The first-order valence-corrected chi connectivity index (χ1v) is 7.37. The van der Waals surface area contributed by atoms with Gasteiger partial charge in [-0.15, -0.1) is 0 Å². The number of carbonyl (C=O) groups excluding carboxylic acids is 1. The first-order chi connectivity index (χ1) is 9.21. The van der Waals surface area contributed by atoms with Crippen LogP contribution in [0.25, 0.3) is 0 Å². The van der Waals surface area contributed by atoms with E-state index in [0.29, 0.717) is 0 Å². The first kappa shape index (κ1) is 14.1. The largest absolute Gasteiger partial charge is 0.330 e. The molecule has 0 aromatic heterocycles. The van der Waals surface area contributed by atoms with Crippen LogP contribution >= 0.6 is 0 Å². The molecule has 1 aliphatic rings. The molecule has 1 aromatic rings. The number of hydrogen-bond acceptors (Lipinski definition) is 2. The fourth-order valence-electron chi connectivity index (χ4n) is 2.84. The van der Waals surface area contributed by atoms with E-state index in [2.05, 4.69) is 31.3 Å². The third-order valence-corrected chi connectivity index (χ3v) is 3.97. The summed E-state index contributed by atoms with van der Waals surface area (Å²) >= 11 is 0. The van der Waals surface area contributed by atoms with E-state index in [0.717, 1.165) is 44.3 Å². The van der Waals surface area contributed by atoms with Crippen molar-refractivity contribution in [1.82, 2.24) is 0 Å². The molecule has 3 heteroatoms. The molecule has 2 rings (SSSR count). The minimum atomic E-state index is 0.0368. The number of amides is 1. The fourth-order valence-corrected chi connectivity index (χ4v) is 2.84. The highest BCUT2D eigenvalue weighted by Gasteiger charge is 2.30. The highest BCUT2D eigenvalue weighted by Crippen LogP contribution is 2.38. The predicted molar refractivity (Wildman–Crippen MR) is 79.5 cm³/mol. The minimum Gasteiger partial charge on any atom is -0.330 e. The smallest absolute Gasteiger partial charge is 0.232 e. The summed E-state index contributed by atoms with van der Waals surface area (Å²) in [7, 11) is 0. The molecule has 1 heterocycles. The van der Waals surface area contributed by atoms with E-state index in [1.165, 1.54) is 16.7 Å². The van der Waals surface area contributed by atoms with Crippen LogP contribution < -0.4 is 11.1 Å². The Labute approximate surface area is 115 Å². The number of aryl methyl sites for hydroxylation is 2. The third-order valence-electron chi connectivity index (χ3n) is 3.97. The monoisotopic (exact) mass is 260 g/mol. The van der Waals surface area contributed by atoms with Gasteiger partial charge in [-0.2, -0.15) is 0 Å². The van der Waals surface area contributed by atoms with Gasteiger partial charge < -0.3 is 11.1 Å². The average Bonchev–Trinajstić information content (AvgIpc) is 2.74. The van der Waals surface area contributed by atoms with Crippen LogP contribution in [0.15, 0.2) is 12.1 Å². The van der Waals surface area contributed by atoms with E-state index in [-0.39, 0.29) is 11.8 Å². The van der Waals surface area contributed by atoms with Crippen LogP contribution in [0, 0.1) is 0 Å². The van der Waals surface area contributed by atoms with Crippen molar-refractivity contribution in [3.05, 3.63) is 28.8 Å². The number of unbranched alkanes of at least 4 members (excludes halogenated alkanes) is 1. The zero-order valence-electron chi connectivity index (χ0n) is 12.0. The standard InChI is InChI=1S/C16H24N2O/c1-3-11-9-12(7-5-6-8-17)15-14(10-11)13(4-2)16(19)18-15/h9-10,13H,3-8,17H2,1-2H3,(H,18,19). The lowest BCUT2D eigenvalue weighted by Gasteiger charge is -2.12. The van der Waals surface area contributed by atoms with Gasteiger partial charge in [0, 0.05) is 5.69 Å². The van der Waals surface area contributed by atoms with Crippen molar-refractivity contribution >= 4 is 11.6 Å². The molecule has 3 nitrogen and oxygen atoms in total. The number of nitrogens with two attached hydrogens (primary N) is 1. The van der Waals surface area contributed by atoms with E-state index in [1.807, 2.05) is 0 Å². The van der Waals surface area contributed by atoms with Crippen LogP contribution in [0.3, 0.4) is 0 Å². The Kier molecular flexibility index (Phi) is 4.59. The fraction of sp³-hybridized carbons (Fsp3) is 0.562. The molecule has 1 unspecified atom stereocenters. The summed E-state index contributed by atoms with van der Waals surface area (Å²) in [6.45, 7) is 4.97. The molecule has 0 saturated carbocycles. The van der Waals surface area contributed by atoms with Crippen molar-refractivity contribution in [2.45, 2.75) is 51.9 Å². The Hall–Kier alpha value is -1.35. The van der Waals surface area contributed by atoms with Crippen molar-refractivity contribution in [3.63, 3.8) is 0 Å². The van der Waals surface area contributed by atoms with Crippen molar-refractivity contribution in [1.29, 1.82) is 0 Å². The topological polar surface area (TPSA) is 55.1 Å². The van der Waals surface area contributed by atoms with E-state index < -0.39 is 0 Å². The van der Waals surface area contributed by atoms with Crippen LogP contribution in [-0.2, 0) is 17.6 Å². The molecule has 1 aliphatic heterocycles. The van der Waals surface area contributed by atoms with Gasteiger partial charge in [-0.1, -0.05) is 26.0 Å². The van der Waals surface area contributed by atoms with E-state index >= 15 is 0 Å². The van der Waals surface area contributed by atoms with Gasteiger partial charge in [0.05, 0.1) is 5.92 Å². The summed E-state index contributed by atoms with van der Waals surface area (Å²) in [5.74, 6) is 0.195. The lowest BCUT2D eigenvalue weighted by Crippen LogP contribution is -2.11. The molecular weight excluding hydrogens is 236 g/mol. The summed E-state index contributed by atoms with van der Waals surface area (Å²) in [4.78, 5) is 12.0. The second-order valence-electron chi connectivity index (χ2n) is 5.27. The summed E-state index contributed by atoms with van der Waals surface area (Å²) < 4.78 is 0. The maximum absolute atomic E-state index is 12.0. The molecule has 104 valence electrons. The van der Waals surface area contributed by atoms with Gasteiger partial charge in [-0.3, -0.25) is 4.79 Å². The normalized spacial score (nSPS) is 17.4. The number of rotatable bonds is 6. The van der Waals surface area contributed by atoms with Crippen LogP contribution in [-0.4, -0.2) is 12.5 Å². The van der Waals surface area contributed by atoms with Crippen molar-refractivity contribution < 1.29 is 4.79 Å². The van der Waals surface area contributed by atoms with Crippen molar-refractivity contribution in [2.24, 2.45) is 5.73 Å². The Morgan fingerprint density at radius 2 is 2.05 bits per heavy atom. The second-order valence-corrected chi connectivity index (χ2v) is 5.27. The number of fused-ring (bicyclic) bond motifs is 1. The van der Waals surface area contributed by atoms with Gasteiger partial charge in [0.25, 0.3) is 0 Å². The van der Waals surface area contributed by atoms with Gasteiger partial charge in [-0.25, -0.2) is 0 Å². The Morgan fingerprint density at radius 3 is 2.68 bits per heavy atom. The van der Waals surface area contributed by atoms with E-state index in [4.69, 9.17) is 5.73 Å².